The van der Waals surface area contributed by atoms with Gasteiger partial charge in [-0.05, 0) is 0 Å². The summed E-state index contributed by atoms with van der Waals surface area (Å²) in [5.74, 6) is 0.0174. The van der Waals surface area contributed by atoms with Gasteiger partial charge in [-0.15, -0.1) is 0 Å². The number of fused-ring (bicyclic) bond motifs is 7. The molecular weight excluding hydrogens is 546 g/mol. The number of aliphatic hydroxyl groups is 4. The quantitative estimate of drug-likeness (QED) is 0.124. The Hall–Kier alpha value is -1.83. The van der Waals surface area contributed by atoms with E-state index in [4.69, 9.17) is 19.7 Å². The van der Waals surface area contributed by atoms with E-state index in [1.807, 2.05) is 0 Å². The highest BCUT2D eigenvalue weighted by Crippen LogP contribution is 2.60. The zero-order chi connectivity index (χ0) is 26.9. The fourth-order valence-electron chi connectivity index (χ4n) is 4.33. The summed E-state index contributed by atoms with van der Waals surface area (Å²) in [5, 5.41) is 44.9. The molecule has 21 heteroatoms. The van der Waals surface area contributed by atoms with Crippen LogP contribution in [0.2, 0.25) is 0 Å². The summed E-state index contributed by atoms with van der Waals surface area (Å²) in [5.41, 5.74) is 6.44. The molecule has 4 aliphatic heterocycles. The van der Waals surface area contributed by atoms with Crippen LogP contribution in [0.4, 0.5) is 11.8 Å². The van der Waals surface area contributed by atoms with Gasteiger partial charge in [0.2, 0.25) is 24.2 Å². The molecule has 2 fully saturated rings. The Morgan fingerprint density at radius 2 is 1.62 bits per heavy atom. The Morgan fingerprint density at radius 1 is 1.03 bits per heavy atom. The van der Waals surface area contributed by atoms with Gasteiger partial charge in [0.05, 0.1) is 13.2 Å². The van der Waals surface area contributed by atoms with E-state index in [0.29, 0.717) is 0 Å². The molecule has 2 aromatic rings. The second-order valence-electron chi connectivity index (χ2n) is 8.47. The van der Waals surface area contributed by atoms with Gasteiger partial charge in [-0.3, -0.25) is 13.6 Å². The molecular formula is C16H25N6O13P2+. The van der Waals surface area contributed by atoms with Crippen LogP contribution >= 0.6 is 15.6 Å². The number of nitrogens with zero attached hydrogens (tertiary/aromatic N) is 4. The molecule has 2 unspecified atom stereocenters. The molecule has 6 heterocycles. The summed E-state index contributed by atoms with van der Waals surface area (Å²) in [6.45, 7) is -1.70. The number of anilines is 2. The Bertz CT molecular complexity index is 1300. The van der Waals surface area contributed by atoms with Crippen LogP contribution in [-0.2, 0) is 32.0 Å². The van der Waals surface area contributed by atoms with E-state index in [0.717, 1.165) is 4.57 Å². The minimum absolute atomic E-state index is 0.0658. The Balaban J connectivity index is 1.62. The van der Waals surface area contributed by atoms with Gasteiger partial charge in [-0.1, -0.05) is 4.98 Å². The molecule has 0 saturated carbocycles. The summed E-state index contributed by atoms with van der Waals surface area (Å²) in [6, 6.07) is 0. The van der Waals surface area contributed by atoms with Gasteiger partial charge in [0.25, 0.3) is 5.82 Å². The van der Waals surface area contributed by atoms with Gasteiger partial charge in [0.15, 0.2) is 11.7 Å². The van der Waals surface area contributed by atoms with Gasteiger partial charge in [-0.25, -0.2) is 18.7 Å². The molecule has 0 radical (unpaired) electrons. The van der Waals surface area contributed by atoms with Crippen LogP contribution in [-0.4, -0.2) is 102 Å². The first-order valence-electron chi connectivity index (χ1n) is 10.8. The molecule has 0 aliphatic carbocycles. The number of imidazole rings is 1. The standard InChI is InChI=1S/C16H24N6O13P2/c1-18-16-20-7-12(17)21-4-19-13(7)22(16)15-11(26)9(24)6(34-15)3-32-37(29,30)35-36(27,28)31-2-5-8(23)10(25)14(21)33-5/h4-6,8-11,14-15,17,23-26H,2-3H2,1H3,(H3,18,20,27,28,29,30)/p+1/t5-,6-,8-,9-,10-,11-,14-,15-/m1/s1. The summed E-state index contributed by atoms with van der Waals surface area (Å²) in [7, 11) is -9.03. The molecule has 0 amide bonds. The molecule has 2 saturated heterocycles. The van der Waals surface area contributed by atoms with Crippen LogP contribution < -0.4 is 15.6 Å². The maximum absolute atomic E-state index is 12.3. The second-order valence-corrected chi connectivity index (χ2v) is 11.5. The Labute approximate surface area is 207 Å². The van der Waals surface area contributed by atoms with E-state index in [-0.39, 0.29) is 22.9 Å². The van der Waals surface area contributed by atoms with Gasteiger partial charge in [0, 0.05) is 7.05 Å². The predicted molar refractivity (Wildman–Crippen MR) is 116 cm³/mol. The number of ether oxygens (including phenoxy) is 2. The molecule has 0 spiro atoms. The predicted octanol–water partition coefficient (Wildman–Crippen LogP) is -3.15. The van der Waals surface area contributed by atoms with Crippen molar-refractivity contribution in [2.24, 2.45) is 0 Å². The first kappa shape index (κ1) is 26.8. The van der Waals surface area contributed by atoms with Crippen molar-refractivity contribution in [3.63, 3.8) is 0 Å². The Morgan fingerprint density at radius 3 is 2.24 bits per heavy atom. The smallest absolute Gasteiger partial charge is 0.387 e. The number of phosphoric acid groups is 2. The molecule has 4 aliphatic rings. The molecule has 10 atom stereocenters. The van der Waals surface area contributed by atoms with E-state index in [1.165, 1.54) is 17.9 Å². The topological polar surface area (TPSA) is 274 Å². The number of phosphoric ester groups is 2. The third-order valence-electron chi connectivity index (χ3n) is 6.15. The molecule has 9 N–H and O–H groups in total. The van der Waals surface area contributed by atoms with Crippen LogP contribution in [0, 0.1) is 0 Å². The van der Waals surface area contributed by atoms with Crippen LogP contribution in [0.15, 0.2) is 6.33 Å². The van der Waals surface area contributed by atoms with Crippen LogP contribution in [0.5, 0.6) is 0 Å². The first-order valence-corrected chi connectivity index (χ1v) is 13.8. The molecule has 2 aromatic heterocycles. The summed E-state index contributed by atoms with van der Waals surface area (Å²) >= 11 is 0. The van der Waals surface area contributed by atoms with Crippen LogP contribution in [0.1, 0.15) is 12.5 Å². The van der Waals surface area contributed by atoms with E-state index in [2.05, 4.69) is 24.1 Å². The fourth-order valence-corrected chi connectivity index (χ4v) is 6.42. The number of hydrogen-bond acceptors (Lipinski definition) is 15. The highest BCUT2D eigenvalue weighted by Gasteiger charge is 2.50. The number of hydrogen-bond donors (Lipinski definition) is 8. The third kappa shape index (κ3) is 4.65. The number of nitrogens with one attached hydrogen (secondary N) is 1. The maximum atomic E-state index is 12.3. The van der Waals surface area contributed by atoms with E-state index < -0.39 is 77.9 Å². The number of aliphatic hydroxyl groups excluding tert-OH is 4. The van der Waals surface area contributed by atoms with Crippen molar-refractivity contribution in [2.45, 2.75) is 49.1 Å². The lowest BCUT2D eigenvalue weighted by Gasteiger charge is -2.21. The van der Waals surface area contributed by atoms with Crippen molar-refractivity contribution in [3.8, 4) is 0 Å². The zero-order valence-electron chi connectivity index (χ0n) is 18.9. The highest BCUT2D eigenvalue weighted by atomic mass is 31.3. The van der Waals surface area contributed by atoms with Crippen molar-refractivity contribution in [3.05, 3.63) is 6.33 Å². The average Bonchev–Trinajstić information content (AvgIpc) is 3.43. The highest BCUT2D eigenvalue weighted by molar-refractivity contribution is 7.61. The Kier molecular flexibility index (Phi) is 6.82. The summed E-state index contributed by atoms with van der Waals surface area (Å²) < 4.78 is 51.8. The van der Waals surface area contributed by atoms with Gasteiger partial charge < -0.3 is 50.7 Å². The van der Waals surface area contributed by atoms with Crippen molar-refractivity contribution in [1.82, 2.24) is 14.5 Å². The second kappa shape index (κ2) is 9.42. The van der Waals surface area contributed by atoms with E-state index >= 15 is 0 Å². The van der Waals surface area contributed by atoms with Gasteiger partial charge in [0.1, 0.15) is 36.6 Å². The van der Waals surface area contributed by atoms with E-state index in [1.54, 1.807) is 0 Å². The minimum atomic E-state index is -5.27. The number of nitrogens with two attached hydrogens (primary N) is 1. The lowest BCUT2D eigenvalue weighted by atomic mass is 10.1. The zero-order valence-corrected chi connectivity index (χ0v) is 20.7. The molecule has 19 nitrogen and oxygen atoms in total. The molecule has 206 valence electrons. The van der Waals surface area contributed by atoms with Crippen LogP contribution in [0.3, 0.4) is 0 Å². The number of rotatable bonds is 1. The molecule has 0 aromatic carbocycles. The SMILES string of the molecule is CNc1nc2c(N)[n+]3cnc2n1[C@@H]1O[C@H](COP(=O)(O)OP(=O)(O)OC[C@H]2O[C@@H]3[C@H](O)[C@@H]2O)[C@@H](O)[C@H]1O. The normalized spacial score (nSPS) is 42.8. The van der Waals surface area contributed by atoms with Crippen molar-refractivity contribution in [2.75, 3.05) is 31.3 Å². The number of aromatic nitrogens is 4. The van der Waals surface area contributed by atoms with Gasteiger partial charge >= 0.3 is 15.6 Å². The molecule has 6 rings (SSSR count). The fraction of sp³-hybridized carbons (Fsp3) is 0.688. The average molecular weight is 571 g/mol. The third-order valence-corrected chi connectivity index (χ3v) is 8.75. The first-order chi connectivity index (χ1) is 17.3. The van der Waals surface area contributed by atoms with E-state index in [9.17, 15) is 39.3 Å². The van der Waals surface area contributed by atoms with Gasteiger partial charge in [-0.2, -0.15) is 4.31 Å². The number of nitrogen functional groups attached to an aromatic ring is 1. The lowest BCUT2D eigenvalue weighted by molar-refractivity contribution is -0.755. The van der Waals surface area contributed by atoms with Crippen molar-refractivity contribution >= 4 is 38.6 Å². The lowest BCUT2D eigenvalue weighted by Crippen LogP contribution is -2.48. The summed E-state index contributed by atoms with van der Waals surface area (Å²) in [6.07, 6.45) is -10.8. The largest absolute Gasteiger partial charge is 0.481 e. The maximum Gasteiger partial charge on any atom is 0.481 e. The van der Waals surface area contributed by atoms with Crippen LogP contribution in [0.25, 0.3) is 11.2 Å². The van der Waals surface area contributed by atoms with Crippen molar-refractivity contribution in [1.29, 1.82) is 0 Å². The van der Waals surface area contributed by atoms with Crippen molar-refractivity contribution < 1.29 is 66.7 Å². The monoisotopic (exact) mass is 571 g/mol. The molecule has 37 heavy (non-hydrogen) atoms. The summed E-state index contributed by atoms with van der Waals surface area (Å²) in [4.78, 5) is 28.4. The minimum Gasteiger partial charge on any atom is -0.387 e. The molecule has 8 bridgehead atoms.